The highest BCUT2D eigenvalue weighted by Crippen LogP contribution is 2.12. The number of nitrogens with two attached hydrogens (primary N) is 1. The minimum atomic E-state index is -0.669. The molecule has 0 heterocycles. The third kappa shape index (κ3) is 6.60. The van der Waals surface area contributed by atoms with Gasteiger partial charge in [0.1, 0.15) is 11.6 Å². The van der Waals surface area contributed by atoms with E-state index in [9.17, 15) is 9.59 Å². The van der Waals surface area contributed by atoms with Crippen LogP contribution in [0.4, 0.5) is 0 Å². The summed E-state index contributed by atoms with van der Waals surface area (Å²) in [6, 6.07) is -0.669. The fourth-order valence-electron chi connectivity index (χ4n) is 1.15. The Bertz CT molecular complexity index is 303. The van der Waals surface area contributed by atoms with E-state index in [1.165, 1.54) is 6.08 Å². The molecule has 0 aromatic rings. The molecule has 0 radical (unpaired) electrons. The highest BCUT2D eigenvalue weighted by atomic mass is 16.6. The summed E-state index contributed by atoms with van der Waals surface area (Å²) in [5.74, 6) is -0.900. The van der Waals surface area contributed by atoms with Crippen LogP contribution in [0.5, 0.6) is 0 Å². The van der Waals surface area contributed by atoms with Crippen molar-refractivity contribution in [2.75, 3.05) is 0 Å². The van der Waals surface area contributed by atoms with Gasteiger partial charge in [-0.2, -0.15) is 0 Å². The van der Waals surface area contributed by atoms with Crippen LogP contribution in [0.3, 0.4) is 0 Å². The van der Waals surface area contributed by atoms with Gasteiger partial charge in [0.15, 0.2) is 0 Å². The maximum Gasteiger partial charge on any atom is 0.329 e. The number of hydrogen-bond acceptors (Lipinski definition) is 4. The molecule has 0 fully saturated rings. The molecular formula is C12H22N2O3. The van der Waals surface area contributed by atoms with E-state index in [1.54, 1.807) is 20.8 Å². The van der Waals surface area contributed by atoms with Gasteiger partial charge >= 0.3 is 5.97 Å². The maximum absolute atomic E-state index is 11.8. The molecule has 3 N–H and O–H groups in total. The first-order valence-corrected chi connectivity index (χ1v) is 5.59. The average Bonchev–Trinajstić information content (AvgIpc) is 2.11. The van der Waals surface area contributed by atoms with Crippen LogP contribution in [0, 0.1) is 5.92 Å². The van der Waals surface area contributed by atoms with Gasteiger partial charge in [0, 0.05) is 6.08 Å². The third-order valence-corrected chi connectivity index (χ3v) is 1.87. The first-order valence-electron chi connectivity index (χ1n) is 5.59. The second kappa shape index (κ2) is 6.27. The van der Waals surface area contributed by atoms with Gasteiger partial charge < -0.3 is 15.8 Å². The molecule has 0 rings (SSSR count). The van der Waals surface area contributed by atoms with Gasteiger partial charge in [0.05, 0.1) is 0 Å². The predicted molar refractivity (Wildman–Crippen MR) is 65.9 cm³/mol. The van der Waals surface area contributed by atoms with Gasteiger partial charge in [-0.25, -0.2) is 4.79 Å². The number of esters is 1. The maximum atomic E-state index is 11.8. The third-order valence-electron chi connectivity index (χ3n) is 1.87. The van der Waals surface area contributed by atoms with Crippen molar-refractivity contribution in [1.29, 1.82) is 0 Å². The SMILES string of the molecule is CC(C)C(NC(=O)C=CN)C(=O)OC(C)(C)C. The lowest BCUT2D eigenvalue weighted by Crippen LogP contribution is -2.46. The van der Waals surface area contributed by atoms with Crippen LogP contribution in [-0.2, 0) is 14.3 Å². The van der Waals surface area contributed by atoms with Crippen LogP contribution >= 0.6 is 0 Å². The van der Waals surface area contributed by atoms with Crippen molar-refractivity contribution in [3.63, 3.8) is 0 Å². The van der Waals surface area contributed by atoms with E-state index in [-0.39, 0.29) is 5.92 Å². The van der Waals surface area contributed by atoms with Gasteiger partial charge in [-0.3, -0.25) is 4.79 Å². The summed E-state index contributed by atoms with van der Waals surface area (Å²) in [6.45, 7) is 9.01. The molecule has 0 saturated heterocycles. The lowest BCUT2D eigenvalue weighted by Gasteiger charge is -2.26. The Morgan fingerprint density at radius 1 is 1.29 bits per heavy atom. The number of amides is 1. The van der Waals surface area contributed by atoms with E-state index in [0.29, 0.717) is 0 Å². The van der Waals surface area contributed by atoms with Gasteiger partial charge in [-0.05, 0) is 32.9 Å². The quantitative estimate of drug-likeness (QED) is 0.568. The molecule has 17 heavy (non-hydrogen) atoms. The Morgan fingerprint density at radius 2 is 1.82 bits per heavy atom. The first-order chi connectivity index (χ1) is 7.67. The molecule has 0 aromatic heterocycles. The summed E-state index contributed by atoms with van der Waals surface area (Å²) >= 11 is 0. The van der Waals surface area contributed by atoms with Gasteiger partial charge in [-0.1, -0.05) is 13.8 Å². The smallest absolute Gasteiger partial charge is 0.329 e. The van der Waals surface area contributed by atoms with Gasteiger partial charge in [0.2, 0.25) is 5.91 Å². The van der Waals surface area contributed by atoms with E-state index in [0.717, 1.165) is 6.20 Å². The number of rotatable bonds is 4. The van der Waals surface area contributed by atoms with E-state index >= 15 is 0 Å². The van der Waals surface area contributed by atoms with Crippen molar-refractivity contribution in [2.45, 2.75) is 46.3 Å². The van der Waals surface area contributed by atoms with E-state index < -0.39 is 23.5 Å². The fraction of sp³-hybridized carbons (Fsp3) is 0.667. The van der Waals surface area contributed by atoms with Crippen LogP contribution in [0.1, 0.15) is 34.6 Å². The Kier molecular flexibility index (Phi) is 5.71. The normalized spacial score (nSPS) is 13.8. The average molecular weight is 242 g/mol. The predicted octanol–water partition coefficient (Wildman–Crippen LogP) is 0.941. The Morgan fingerprint density at radius 3 is 2.18 bits per heavy atom. The van der Waals surface area contributed by atoms with Crippen LogP contribution < -0.4 is 11.1 Å². The zero-order chi connectivity index (χ0) is 13.6. The largest absolute Gasteiger partial charge is 0.458 e. The molecule has 0 aliphatic heterocycles. The number of nitrogens with one attached hydrogen (secondary N) is 1. The summed E-state index contributed by atoms with van der Waals surface area (Å²) in [5, 5.41) is 2.56. The molecule has 0 bridgehead atoms. The highest BCUT2D eigenvalue weighted by molar-refractivity contribution is 5.91. The Hall–Kier alpha value is -1.52. The molecule has 0 saturated carbocycles. The van der Waals surface area contributed by atoms with Crippen molar-refractivity contribution >= 4 is 11.9 Å². The summed E-state index contributed by atoms with van der Waals surface area (Å²) in [5.41, 5.74) is 4.53. The highest BCUT2D eigenvalue weighted by Gasteiger charge is 2.28. The van der Waals surface area contributed by atoms with Crippen molar-refractivity contribution in [3.8, 4) is 0 Å². The molecule has 0 aliphatic carbocycles. The van der Waals surface area contributed by atoms with Crippen molar-refractivity contribution in [2.24, 2.45) is 11.7 Å². The number of hydrogen-bond donors (Lipinski definition) is 2. The minimum Gasteiger partial charge on any atom is -0.458 e. The van der Waals surface area contributed by atoms with Gasteiger partial charge in [-0.15, -0.1) is 0 Å². The van der Waals surface area contributed by atoms with Crippen LogP contribution in [0.25, 0.3) is 0 Å². The zero-order valence-electron chi connectivity index (χ0n) is 11.1. The van der Waals surface area contributed by atoms with Crippen molar-refractivity contribution in [1.82, 2.24) is 5.32 Å². The van der Waals surface area contributed by atoms with E-state index in [4.69, 9.17) is 10.5 Å². The van der Waals surface area contributed by atoms with Crippen LogP contribution in [0.2, 0.25) is 0 Å². The molecule has 1 amide bonds. The number of carbonyl (C=O) groups excluding carboxylic acids is 2. The number of carbonyl (C=O) groups is 2. The van der Waals surface area contributed by atoms with E-state index in [2.05, 4.69) is 5.32 Å². The molecule has 1 unspecified atom stereocenters. The summed E-state index contributed by atoms with van der Waals surface area (Å²) in [7, 11) is 0. The summed E-state index contributed by atoms with van der Waals surface area (Å²) < 4.78 is 5.23. The summed E-state index contributed by atoms with van der Waals surface area (Å²) in [6.07, 6.45) is 2.29. The molecule has 0 aliphatic rings. The lowest BCUT2D eigenvalue weighted by molar-refractivity contribution is -0.159. The van der Waals surface area contributed by atoms with Crippen molar-refractivity contribution < 1.29 is 14.3 Å². The molecule has 1 atom stereocenters. The molecule has 5 heteroatoms. The second-order valence-electron chi connectivity index (χ2n) is 5.12. The zero-order valence-corrected chi connectivity index (χ0v) is 11.1. The van der Waals surface area contributed by atoms with Crippen LogP contribution in [-0.4, -0.2) is 23.5 Å². The minimum absolute atomic E-state index is 0.0556. The van der Waals surface area contributed by atoms with Crippen molar-refractivity contribution in [3.05, 3.63) is 12.3 Å². The molecular weight excluding hydrogens is 220 g/mol. The molecule has 5 nitrogen and oxygen atoms in total. The Balaban J connectivity index is 4.64. The Labute approximate surface area is 102 Å². The molecule has 0 aromatic carbocycles. The topological polar surface area (TPSA) is 81.4 Å². The van der Waals surface area contributed by atoms with Crippen LogP contribution in [0.15, 0.2) is 12.3 Å². The molecule has 98 valence electrons. The second-order valence-corrected chi connectivity index (χ2v) is 5.12. The first kappa shape index (κ1) is 15.5. The van der Waals surface area contributed by atoms with Gasteiger partial charge in [0.25, 0.3) is 0 Å². The standard InChI is InChI=1S/C12H22N2O3/c1-8(2)10(14-9(15)6-7-13)11(16)17-12(3,4)5/h6-8,10H,13H2,1-5H3,(H,14,15). The lowest BCUT2D eigenvalue weighted by atomic mass is 10.0. The fourth-order valence-corrected chi connectivity index (χ4v) is 1.15. The number of ether oxygens (including phenoxy) is 1. The summed E-state index contributed by atoms with van der Waals surface area (Å²) in [4.78, 5) is 23.2. The van der Waals surface area contributed by atoms with E-state index in [1.807, 2.05) is 13.8 Å². The molecule has 0 spiro atoms. The monoisotopic (exact) mass is 242 g/mol.